The lowest BCUT2D eigenvalue weighted by atomic mass is 9.83. The number of alkyl halides is 1. The maximum Gasteiger partial charge on any atom is 0.509 e. The molecular formula is C19H13BrO3. The summed E-state index contributed by atoms with van der Waals surface area (Å²) in [5.41, 5.74) is 2.27. The third-order valence-corrected chi connectivity index (χ3v) is 5.74. The number of rotatable bonds is 0. The predicted octanol–water partition coefficient (Wildman–Crippen LogP) is 5.41. The molecular weight excluding hydrogens is 356 g/mol. The molecule has 3 atom stereocenters. The summed E-state index contributed by atoms with van der Waals surface area (Å²) in [7, 11) is 0. The Balaban J connectivity index is 1.86. The summed E-state index contributed by atoms with van der Waals surface area (Å²) < 4.78 is 10.8. The zero-order chi connectivity index (χ0) is 15.6. The molecule has 0 radical (unpaired) electrons. The van der Waals surface area contributed by atoms with E-state index in [0.717, 1.165) is 17.4 Å². The lowest BCUT2D eigenvalue weighted by molar-refractivity contribution is 0.116. The van der Waals surface area contributed by atoms with E-state index in [2.05, 4.69) is 58.4 Å². The Labute approximate surface area is 141 Å². The van der Waals surface area contributed by atoms with Gasteiger partial charge in [-0.15, -0.1) is 0 Å². The van der Waals surface area contributed by atoms with E-state index in [0.29, 0.717) is 0 Å². The van der Waals surface area contributed by atoms with Gasteiger partial charge in [-0.3, -0.25) is 0 Å². The molecule has 1 saturated heterocycles. The highest BCUT2D eigenvalue weighted by atomic mass is 79.9. The first-order valence-electron chi connectivity index (χ1n) is 7.68. The maximum atomic E-state index is 11.6. The summed E-state index contributed by atoms with van der Waals surface area (Å²) in [5.74, 6) is 0. The van der Waals surface area contributed by atoms with Gasteiger partial charge in [0.2, 0.25) is 0 Å². The molecule has 1 unspecified atom stereocenters. The Hall–Kier alpha value is -2.07. The minimum absolute atomic E-state index is 0.170. The smallest absolute Gasteiger partial charge is 0.427 e. The average molecular weight is 369 g/mol. The van der Waals surface area contributed by atoms with Crippen LogP contribution < -0.4 is 0 Å². The van der Waals surface area contributed by atoms with Gasteiger partial charge in [-0.1, -0.05) is 64.5 Å². The van der Waals surface area contributed by atoms with E-state index in [-0.39, 0.29) is 17.0 Å². The molecule has 3 nitrogen and oxygen atoms in total. The van der Waals surface area contributed by atoms with Crippen LogP contribution in [-0.2, 0) is 9.47 Å². The Bertz CT molecular complexity index is 965. The lowest BCUT2D eigenvalue weighted by Gasteiger charge is -2.29. The molecule has 1 aliphatic heterocycles. The highest BCUT2D eigenvalue weighted by Crippen LogP contribution is 2.49. The summed E-state index contributed by atoms with van der Waals surface area (Å²) in [6.07, 6.45) is -0.347. The van der Waals surface area contributed by atoms with Crippen LogP contribution in [0.5, 0.6) is 0 Å². The largest absolute Gasteiger partial charge is 0.509 e. The quantitative estimate of drug-likeness (QED) is 0.302. The highest BCUT2D eigenvalue weighted by molar-refractivity contribution is 9.09. The molecule has 0 amide bonds. The van der Waals surface area contributed by atoms with Gasteiger partial charge in [0, 0.05) is 16.8 Å². The molecule has 1 aliphatic carbocycles. The van der Waals surface area contributed by atoms with Crippen LogP contribution in [0.3, 0.4) is 0 Å². The SMILES string of the molecule is O=C1O[C@H]2CC(Br)c3ccc4c(ccc5ccccc54)c3[C@H]2O1. The van der Waals surface area contributed by atoms with Gasteiger partial charge in [-0.2, -0.15) is 0 Å². The van der Waals surface area contributed by atoms with Crippen LogP contribution in [0.4, 0.5) is 4.79 Å². The monoisotopic (exact) mass is 368 g/mol. The fourth-order valence-electron chi connectivity index (χ4n) is 3.86. The summed E-state index contributed by atoms with van der Waals surface area (Å²) in [4.78, 5) is 11.8. The molecule has 3 aromatic rings. The summed E-state index contributed by atoms with van der Waals surface area (Å²) in [6, 6.07) is 16.9. The molecule has 0 spiro atoms. The molecule has 1 heterocycles. The number of benzene rings is 3. The van der Waals surface area contributed by atoms with E-state index >= 15 is 0 Å². The number of ether oxygens (including phenoxy) is 2. The van der Waals surface area contributed by atoms with Gasteiger partial charge < -0.3 is 9.47 Å². The van der Waals surface area contributed by atoms with Gasteiger partial charge in [0.15, 0.2) is 6.10 Å². The Morgan fingerprint density at radius 2 is 1.74 bits per heavy atom. The van der Waals surface area contributed by atoms with Crippen molar-refractivity contribution >= 4 is 43.6 Å². The van der Waals surface area contributed by atoms with Gasteiger partial charge in [0.05, 0.1) is 0 Å². The number of hydrogen-bond acceptors (Lipinski definition) is 3. The molecule has 23 heavy (non-hydrogen) atoms. The van der Waals surface area contributed by atoms with Crippen LogP contribution in [0.2, 0.25) is 0 Å². The van der Waals surface area contributed by atoms with Crippen LogP contribution in [0.25, 0.3) is 21.5 Å². The Kier molecular flexibility index (Phi) is 2.74. The summed E-state index contributed by atoms with van der Waals surface area (Å²) in [5, 5.41) is 4.75. The molecule has 2 aliphatic rings. The molecule has 4 heteroatoms. The molecule has 114 valence electrons. The molecule has 0 aromatic heterocycles. The zero-order valence-corrected chi connectivity index (χ0v) is 13.7. The van der Waals surface area contributed by atoms with Crippen molar-refractivity contribution in [2.75, 3.05) is 0 Å². The van der Waals surface area contributed by atoms with E-state index in [1.54, 1.807) is 0 Å². The first-order chi connectivity index (χ1) is 11.2. The van der Waals surface area contributed by atoms with E-state index in [1.165, 1.54) is 21.7 Å². The van der Waals surface area contributed by atoms with Crippen LogP contribution in [-0.4, -0.2) is 12.3 Å². The fraction of sp³-hybridized carbons (Fsp3) is 0.211. The van der Waals surface area contributed by atoms with E-state index in [1.807, 2.05) is 6.07 Å². The Morgan fingerprint density at radius 1 is 0.913 bits per heavy atom. The van der Waals surface area contributed by atoms with Crippen molar-refractivity contribution in [3.05, 3.63) is 59.7 Å². The molecule has 3 aromatic carbocycles. The van der Waals surface area contributed by atoms with Crippen molar-refractivity contribution < 1.29 is 14.3 Å². The third kappa shape index (κ3) is 1.84. The van der Waals surface area contributed by atoms with E-state index < -0.39 is 6.16 Å². The van der Waals surface area contributed by atoms with Gasteiger partial charge in [-0.25, -0.2) is 4.79 Å². The van der Waals surface area contributed by atoms with Crippen LogP contribution in [0, 0.1) is 0 Å². The highest BCUT2D eigenvalue weighted by Gasteiger charge is 2.45. The van der Waals surface area contributed by atoms with Crippen LogP contribution >= 0.6 is 15.9 Å². The van der Waals surface area contributed by atoms with Crippen molar-refractivity contribution in [1.82, 2.24) is 0 Å². The van der Waals surface area contributed by atoms with Gasteiger partial charge in [0.25, 0.3) is 0 Å². The average Bonchev–Trinajstić information content (AvgIpc) is 2.94. The predicted molar refractivity (Wildman–Crippen MR) is 91.8 cm³/mol. The number of halogens is 1. The van der Waals surface area contributed by atoms with Crippen LogP contribution in [0.1, 0.15) is 28.5 Å². The van der Waals surface area contributed by atoms with Gasteiger partial charge in [-0.05, 0) is 27.1 Å². The topological polar surface area (TPSA) is 35.5 Å². The zero-order valence-electron chi connectivity index (χ0n) is 12.2. The minimum atomic E-state index is -0.564. The third-order valence-electron chi connectivity index (χ3n) is 4.87. The standard InChI is InChI=1S/C19H13BrO3/c20-15-9-16-18(23-19(21)22-16)17-13-6-5-10-3-1-2-4-11(10)12(13)7-8-14(15)17/h1-8,15-16,18H,9H2/t15?,16-,18-/m0/s1. The maximum absolute atomic E-state index is 11.6. The van der Waals surface area contributed by atoms with Crippen molar-refractivity contribution in [1.29, 1.82) is 0 Å². The molecule has 5 rings (SSSR count). The Morgan fingerprint density at radius 3 is 2.65 bits per heavy atom. The van der Waals surface area contributed by atoms with Crippen molar-refractivity contribution in [2.24, 2.45) is 0 Å². The normalized spacial score (nSPS) is 25.8. The number of carbonyl (C=O) groups is 1. The van der Waals surface area contributed by atoms with Crippen LogP contribution in [0.15, 0.2) is 48.5 Å². The number of fused-ring (bicyclic) bond motifs is 7. The number of carbonyl (C=O) groups excluding carboxylic acids is 1. The van der Waals surface area contributed by atoms with Crippen molar-refractivity contribution in [2.45, 2.75) is 23.5 Å². The molecule has 0 bridgehead atoms. The number of hydrogen-bond donors (Lipinski definition) is 0. The molecule has 0 saturated carbocycles. The second-order valence-corrected chi connectivity index (χ2v) is 7.20. The summed E-state index contributed by atoms with van der Waals surface area (Å²) >= 11 is 3.73. The lowest BCUT2D eigenvalue weighted by Crippen LogP contribution is -2.24. The molecule has 0 N–H and O–H groups in total. The first-order valence-corrected chi connectivity index (χ1v) is 8.59. The second kappa shape index (κ2) is 4.71. The fourth-order valence-corrected chi connectivity index (χ4v) is 4.63. The minimum Gasteiger partial charge on any atom is -0.427 e. The summed E-state index contributed by atoms with van der Waals surface area (Å²) in [6.45, 7) is 0. The van der Waals surface area contributed by atoms with Gasteiger partial charge >= 0.3 is 6.16 Å². The van der Waals surface area contributed by atoms with Crippen molar-refractivity contribution in [3.63, 3.8) is 0 Å². The van der Waals surface area contributed by atoms with Crippen molar-refractivity contribution in [3.8, 4) is 0 Å². The van der Waals surface area contributed by atoms with E-state index in [9.17, 15) is 4.79 Å². The van der Waals surface area contributed by atoms with E-state index in [4.69, 9.17) is 9.47 Å². The molecule has 1 fully saturated rings. The second-order valence-electron chi connectivity index (χ2n) is 6.10. The van der Waals surface area contributed by atoms with Gasteiger partial charge in [0.1, 0.15) is 6.10 Å². The first kappa shape index (κ1) is 13.4.